The number of halogens is 1. The van der Waals surface area contributed by atoms with Crippen LogP contribution in [-0.4, -0.2) is 21.9 Å². The zero-order valence-corrected chi connectivity index (χ0v) is 19.0. The number of carbonyl (C=O) groups excluding carboxylic acids is 1. The summed E-state index contributed by atoms with van der Waals surface area (Å²) in [6, 6.07) is 13.8. The number of ether oxygens (including phenoxy) is 2. The fourth-order valence-electron chi connectivity index (χ4n) is 3.05. The van der Waals surface area contributed by atoms with Gasteiger partial charge in [-0.15, -0.1) is 11.3 Å². The van der Waals surface area contributed by atoms with Gasteiger partial charge in [-0.2, -0.15) is 0 Å². The van der Waals surface area contributed by atoms with E-state index < -0.39 is 0 Å². The normalized spacial score (nSPS) is 10.8. The van der Waals surface area contributed by atoms with Crippen molar-refractivity contribution in [1.82, 2.24) is 9.38 Å². The molecule has 0 radical (unpaired) electrons. The lowest BCUT2D eigenvalue weighted by Crippen LogP contribution is -2.20. The van der Waals surface area contributed by atoms with Crippen LogP contribution in [0, 0.1) is 13.8 Å². The molecule has 164 valence electrons. The number of nitrogens with one attached hydrogen (secondary N) is 1. The van der Waals surface area contributed by atoms with Crippen LogP contribution in [0.15, 0.2) is 59.5 Å². The van der Waals surface area contributed by atoms with Crippen LogP contribution >= 0.6 is 22.9 Å². The minimum atomic E-state index is -0.356. The average molecular weight is 470 g/mol. The van der Waals surface area contributed by atoms with E-state index in [0.717, 1.165) is 10.4 Å². The Bertz CT molecular complexity index is 1350. The summed E-state index contributed by atoms with van der Waals surface area (Å²) in [5.41, 5.74) is 1.76. The number of nitrogens with zero attached hydrogens (tertiary/aromatic N) is 2. The number of aryl methyl sites for hydroxylation is 2. The molecule has 1 N–H and O–H groups in total. The topological polar surface area (TPSA) is 81.9 Å². The summed E-state index contributed by atoms with van der Waals surface area (Å²) in [6.45, 7) is 3.76. The van der Waals surface area contributed by atoms with Gasteiger partial charge in [0.05, 0.1) is 11.4 Å². The summed E-state index contributed by atoms with van der Waals surface area (Å²) in [6.07, 6.45) is 1.76. The van der Waals surface area contributed by atoms with E-state index in [2.05, 4.69) is 10.3 Å². The van der Waals surface area contributed by atoms with Crippen molar-refractivity contribution in [3.05, 3.63) is 86.2 Å². The highest BCUT2D eigenvalue weighted by atomic mass is 35.5. The number of rotatable bonds is 7. The molecule has 0 aliphatic heterocycles. The van der Waals surface area contributed by atoms with Crippen LogP contribution in [0.25, 0.3) is 4.96 Å². The van der Waals surface area contributed by atoms with Crippen LogP contribution in [0.1, 0.15) is 16.1 Å². The highest BCUT2D eigenvalue weighted by Gasteiger charge is 2.12. The zero-order chi connectivity index (χ0) is 22.7. The van der Waals surface area contributed by atoms with E-state index in [1.165, 1.54) is 21.8 Å². The molecule has 7 nitrogen and oxygen atoms in total. The summed E-state index contributed by atoms with van der Waals surface area (Å²) < 4.78 is 12.9. The number of benzene rings is 2. The van der Waals surface area contributed by atoms with Crippen LogP contribution in [0.3, 0.4) is 0 Å². The molecule has 0 aliphatic carbocycles. The summed E-state index contributed by atoms with van der Waals surface area (Å²) in [5, 5.41) is 3.20. The van der Waals surface area contributed by atoms with Crippen LogP contribution < -0.4 is 20.3 Å². The molecule has 0 fully saturated rings. The maximum atomic E-state index is 12.4. The van der Waals surface area contributed by atoms with Gasteiger partial charge in [0.1, 0.15) is 18.1 Å². The van der Waals surface area contributed by atoms with E-state index in [-0.39, 0.29) is 24.7 Å². The van der Waals surface area contributed by atoms with Crippen molar-refractivity contribution in [1.29, 1.82) is 0 Å². The average Bonchev–Trinajstić information content (AvgIpc) is 3.13. The molecule has 1 amide bonds. The predicted molar refractivity (Wildman–Crippen MR) is 125 cm³/mol. The minimum Gasteiger partial charge on any atom is -0.485 e. The molecule has 0 saturated heterocycles. The molecule has 4 rings (SSSR count). The smallest absolute Gasteiger partial charge is 0.262 e. The van der Waals surface area contributed by atoms with Gasteiger partial charge in [0, 0.05) is 22.2 Å². The Hall–Kier alpha value is -3.36. The van der Waals surface area contributed by atoms with Crippen molar-refractivity contribution in [3.63, 3.8) is 0 Å². The van der Waals surface area contributed by atoms with Gasteiger partial charge in [-0.3, -0.25) is 14.0 Å². The fourth-order valence-corrected chi connectivity index (χ4v) is 4.07. The largest absolute Gasteiger partial charge is 0.485 e. The second-order valence-electron chi connectivity index (χ2n) is 7.16. The van der Waals surface area contributed by atoms with Crippen LogP contribution in [0.4, 0.5) is 5.69 Å². The van der Waals surface area contributed by atoms with Gasteiger partial charge < -0.3 is 14.8 Å². The SMILES string of the molecule is Cc1cccc(OCC(=O)Nc2cc(Cl)ccc2OCc2cc(=O)n3cc(C)sc3n2)c1. The third kappa shape index (κ3) is 5.27. The molecule has 0 bridgehead atoms. The molecule has 0 saturated carbocycles. The molecule has 0 spiro atoms. The van der Waals surface area contributed by atoms with Crippen molar-refractivity contribution in [2.75, 3.05) is 11.9 Å². The second-order valence-corrected chi connectivity index (χ2v) is 8.81. The van der Waals surface area contributed by atoms with Crippen LogP contribution in [-0.2, 0) is 11.4 Å². The number of carbonyl (C=O) groups is 1. The molecule has 0 atom stereocenters. The lowest BCUT2D eigenvalue weighted by molar-refractivity contribution is -0.118. The van der Waals surface area contributed by atoms with E-state index in [9.17, 15) is 9.59 Å². The van der Waals surface area contributed by atoms with Crippen molar-refractivity contribution in [3.8, 4) is 11.5 Å². The first-order chi connectivity index (χ1) is 15.4. The first-order valence-electron chi connectivity index (χ1n) is 9.78. The predicted octanol–water partition coefficient (Wildman–Crippen LogP) is 4.62. The maximum absolute atomic E-state index is 12.4. The first-order valence-corrected chi connectivity index (χ1v) is 11.0. The molecule has 0 aliphatic rings. The van der Waals surface area contributed by atoms with E-state index >= 15 is 0 Å². The van der Waals surface area contributed by atoms with Gasteiger partial charge in [-0.05, 0) is 49.7 Å². The fraction of sp³-hybridized carbons (Fsp3) is 0.174. The number of hydrogen-bond acceptors (Lipinski definition) is 6. The number of anilines is 1. The third-order valence-electron chi connectivity index (χ3n) is 4.49. The van der Waals surface area contributed by atoms with Crippen LogP contribution in [0.2, 0.25) is 5.02 Å². The van der Waals surface area contributed by atoms with E-state index in [1.807, 2.05) is 32.0 Å². The number of aromatic nitrogens is 2. The monoisotopic (exact) mass is 469 g/mol. The molecule has 2 heterocycles. The third-order valence-corrected chi connectivity index (χ3v) is 5.62. The molecule has 4 aromatic rings. The van der Waals surface area contributed by atoms with Crippen LogP contribution in [0.5, 0.6) is 11.5 Å². The highest BCUT2D eigenvalue weighted by Crippen LogP contribution is 2.29. The maximum Gasteiger partial charge on any atom is 0.262 e. The zero-order valence-electron chi connectivity index (χ0n) is 17.4. The quantitative estimate of drug-likeness (QED) is 0.427. The highest BCUT2D eigenvalue weighted by molar-refractivity contribution is 7.16. The Morgan fingerprint density at radius 2 is 2.00 bits per heavy atom. The van der Waals surface area contributed by atoms with Gasteiger partial charge in [-0.1, -0.05) is 23.7 Å². The van der Waals surface area contributed by atoms with Gasteiger partial charge in [0.15, 0.2) is 11.6 Å². The number of thiazole rings is 1. The summed E-state index contributed by atoms with van der Waals surface area (Å²) in [7, 11) is 0. The van der Waals surface area contributed by atoms with Gasteiger partial charge >= 0.3 is 0 Å². The van der Waals surface area contributed by atoms with Gasteiger partial charge in [-0.25, -0.2) is 4.98 Å². The summed E-state index contributed by atoms with van der Waals surface area (Å²) >= 11 is 7.53. The molecular formula is C23H20ClN3O4S. The lowest BCUT2D eigenvalue weighted by atomic mass is 10.2. The molecule has 9 heteroatoms. The van der Waals surface area contributed by atoms with E-state index in [1.54, 1.807) is 30.5 Å². The van der Waals surface area contributed by atoms with Crippen molar-refractivity contribution in [2.45, 2.75) is 20.5 Å². The number of hydrogen-bond donors (Lipinski definition) is 1. The minimum absolute atomic E-state index is 0.0625. The lowest BCUT2D eigenvalue weighted by Gasteiger charge is -2.13. The molecule has 32 heavy (non-hydrogen) atoms. The number of amides is 1. The van der Waals surface area contributed by atoms with Crippen molar-refractivity contribution in [2.24, 2.45) is 0 Å². The molecule has 2 aromatic heterocycles. The van der Waals surface area contributed by atoms with Gasteiger partial charge in [0.25, 0.3) is 11.5 Å². The van der Waals surface area contributed by atoms with Crippen molar-refractivity contribution < 1.29 is 14.3 Å². The Kier molecular flexibility index (Phi) is 6.43. The first kappa shape index (κ1) is 21.9. The van der Waals surface area contributed by atoms with E-state index in [0.29, 0.717) is 32.9 Å². The molecule has 0 unspecified atom stereocenters. The Labute approximate surface area is 193 Å². The molecule has 2 aromatic carbocycles. The summed E-state index contributed by atoms with van der Waals surface area (Å²) in [5.74, 6) is 0.660. The Balaban J connectivity index is 1.45. The standard InChI is InChI=1S/C23H20ClN3O4S/c1-14-4-3-5-18(8-14)30-13-21(28)26-19-9-16(24)6-7-20(19)31-12-17-10-22(29)27-11-15(2)32-23(27)25-17/h3-11H,12-13H2,1-2H3,(H,26,28). The van der Waals surface area contributed by atoms with Crippen molar-refractivity contribution >= 4 is 39.5 Å². The molecular weight excluding hydrogens is 450 g/mol. The Morgan fingerprint density at radius 3 is 2.81 bits per heavy atom. The Morgan fingerprint density at radius 1 is 1.16 bits per heavy atom. The second kappa shape index (κ2) is 9.42. The summed E-state index contributed by atoms with van der Waals surface area (Å²) in [4.78, 5) is 30.8. The van der Waals surface area contributed by atoms with E-state index in [4.69, 9.17) is 21.1 Å². The van der Waals surface area contributed by atoms with Gasteiger partial charge in [0.2, 0.25) is 0 Å². The number of fused-ring (bicyclic) bond motifs is 1.